The Hall–Kier alpha value is -3.03. The van der Waals surface area contributed by atoms with Gasteiger partial charge in [-0.05, 0) is 36.2 Å². The van der Waals surface area contributed by atoms with Crippen molar-refractivity contribution in [2.24, 2.45) is 0 Å². The molecule has 0 fully saturated rings. The molecule has 1 aliphatic rings. The topological polar surface area (TPSA) is 67.4 Å². The van der Waals surface area contributed by atoms with Gasteiger partial charge in [-0.3, -0.25) is 9.59 Å². The summed E-state index contributed by atoms with van der Waals surface area (Å²) < 4.78 is 44.7. The number of benzene rings is 2. The van der Waals surface area contributed by atoms with Crippen LogP contribution in [0.4, 0.5) is 24.5 Å². The van der Waals surface area contributed by atoms with E-state index in [9.17, 15) is 22.8 Å². The van der Waals surface area contributed by atoms with Crippen LogP contribution in [-0.2, 0) is 15.8 Å². The molecule has 148 valence electrons. The van der Waals surface area contributed by atoms with Gasteiger partial charge >= 0.3 is 6.18 Å². The van der Waals surface area contributed by atoms with Crippen molar-refractivity contribution in [1.29, 1.82) is 0 Å². The Bertz CT molecular complexity index is 897. The van der Waals surface area contributed by atoms with Gasteiger partial charge in [0.1, 0.15) is 5.75 Å². The molecule has 1 aliphatic heterocycles. The third kappa shape index (κ3) is 4.27. The van der Waals surface area contributed by atoms with E-state index in [2.05, 4.69) is 10.6 Å². The number of para-hydroxylation sites is 1. The molecule has 0 aliphatic carbocycles. The molecule has 2 aromatic carbocycles. The van der Waals surface area contributed by atoms with Crippen molar-refractivity contribution >= 4 is 23.2 Å². The van der Waals surface area contributed by atoms with Gasteiger partial charge in [-0.1, -0.05) is 25.1 Å². The van der Waals surface area contributed by atoms with Gasteiger partial charge in [0.2, 0.25) is 11.8 Å². The summed E-state index contributed by atoms with van der Waals surface area (Å²) in [6, 6.07) is 9.78. The number of carbonyl (C=O) groups excluding carboxylic acids is 2. The first kappa shape index (κ1) is 19.7. The highest BCUT2D eigenvalue weighted by atomic mass is 19.4. The number of fused-ring (bicyclic) bond motifs is 1. The lowest BCUT2D eigenvalue weighted by molar-refractivity contribution is -0.137. The highest BCUT2D eigenvalue weighted by Gasteiger charge is 2.33. The molecule has 2 N–H and O–H groups in total. The maximum Gasteiger partial charge on any atom is 0.416 e. The van der Waals surface area contributed by atoms with Gasteiger partial charge in [0.05, 0.1) is 23.8 Å². The third-order valence-electron chi connectivity index (χ3n) is 4.34. The largest absolute Gasteiger partial charge is 0.491 e. The molecule has 0 spiro atoms. The van der Waals surface area contributed by atoms with Crippen molar-refractivity contribution in [2.45, 2.75) is 31.9 Å². The van der Waals surface area contributed by atoms with Crippen molar-refractivity contribution in [2.75, 3.05) is 17.2 Å². The molecule has 5 nitrogen and oxygen atoms in total. The lowest BCUT2D eigenvalue weighted by atomic mass is 9.89. The summed E-state index contributed by atoms with van der Waals surface area (Å²) in [5, 5.41) is 5.20. The van der Waals surface area contributed by atoms with Gasteiger partial charge in [0, 0.05) is 12.1 Å². The van der Waals surface area contributed by atoms with Crippen molar-refractivity contribution < 1.29 is 27.5 Å². The number of hydrogen-bond acceptors (Lipinski definition) is 3. The quantitative estimate of drug-likeness (QED) is 0.784. The van der Waals surface area contributed by atoms with Crippen LogP contribution in [-0.4, -0.2) is 18.4 Å². The maximum absolute atomic E-state index is 13.1. The van der Waals surface area contributed by atoms with E-state index >= 15 is 0 Å². The monoisotopic (exact) mass is 392 g/mol. The van der Waals surface area contributed by atoms with E-state index in [1.165, 1.54) is 6.07 Å². The number of halogens is 3. The third-order valence-corrected chi connectivity index (χ3v) is 4.34. The van der Waals surface area contributed by atoms with E-state index in [1.54, 1.807) is 24.3 Å². The Labute approximate surface area is 159 Å². The number of carbonyl (C=O) groups is 2. The van der Waals surface area contributed by atoms with Crippen LogP contribution in [0.1, 0.15) is 36.8 Å². The fourth-order valence-electron chi connectivity index (χ4n) is 3.01. The highest BCUT2D eigenvalue weighted by Crippen LogP contribution is 2.37. The van der Waals surface area contributed by atoms with Crippen LogP contribution in [0.2, 0.25) is 0 Å². The summed E-state index contributed by atoms with van der Waals surface area (Å²) in [6.07, 6.45) is -3.99. The number of alkyl halides is 3. The minimum atomic E-state index is -4.56. The Morgan fingerprint density at radius 1 is 1.25 bits per heavy atom. The maximum atomic E-state index is 13.1. The second-order valence-electron chi connectivity index (χ2n) is 6.44. The van der Waals surface area contributed by atoms with Gasteiger partial charge in [-0.15, -0.1) is 0 Å². The lowest BCUT2D eigenvalue weighted by Crippen LogP contribution is -2.31. The van der Waals surface area contributed by atoms with E-state index in [4.69, 9.17) is 4.74 Å². The first-order valence-corrected chi connectivity index (χ1v) is 8.83. The van der Waals surface area contributed by atoms with Crippen LogP contribution in [0.3, 0.4) is 0 Å². The first-order chi connectivity index (χ1) is 13.3. The van der Waals surface area contributed by atoms with Gasteiger partial charge in [0.15, 0.2) is 0 Å². The number of anilines is 2. The molecule has 1 heterocycles. The summed E-state index contributed by atoms with van der Waals surface area (Å²) in [6.45, 7) is 2.16. The molecule has 0 saturated heterocycles. The van der Waals surface area contributed by atoms with Crippen molar-refractivity contribution in [3.8, 4) is 5.75 Å². The average molecular weight is 392 g/mol. The molecule has 1 atom stereocenters. The normalized spacial score (nSPS) is 16.1. The SMILES string of the molecule is CCCOc1ccc(C(F)(F)F)cc1NC(=O)C1CC(=O)Nc2ccccc21. The zero-order chi connectivity index (χ0) is 20.3. The summed E-state index contributed by atoms with van der Waals surface area (Å²) in [5.74, 6) is -1.55. The molecule has 2 amide bonds. The van der Waals surface area contributed by atoms with Crippen LogP contribution in [0.25, 0.3) is 0 Å². The number of ether oxygens (including phenoxy) is 1. The van der Waals surface area contributed by atoms with Crippen molar-refractivity contribution in [3.05, 3.63) is 53.6 Å². The molecule has 0 radical (unpaired) electrons. The fourth-order valence-corrected chi connectivity index (χ4v) is 3.01. The summed E-state index contributed by atoms with van der Waals surface area (Å²) in [5.41, 5.74) is 0.165. The number of nitrogens with one attached hydrogen (secondary N) is 2. The van der Waals surface area contributed by atoms with Crippen molar-refractivity contribution in [1.82, 2.24) is 0 Å². The van der Waals surface area contributed by atoms with E-state index in [-0.39, 0.29) is 23.8 Å². The second kappa shape index (κ2) is 7.92. The molecule has 8 heteroatoms. The lowest BCUT2D eigenvalue weighted by Gasteiger charge is -2.25. The number of hydrogen-bond donors (Lipinski definition) is 2. The second-order valence-corrected chi connectivity index (χ2v) is 6.44. The van der Waals surface area contributed by atoms with Crippen LogP contribution >= 0.6 is 0 Å². The summed E-state index contributed by atoms with van der Waals surface area (Å²) >= 11 is 0. The Morgan fingerprint density at radius 3 is 2.71 bits per heavy atom. The summed E-state index contributed by atoms with van der Waals surface area (Å²) in [7, 11) is 0. The molecule has 1 unspecified atom stereocenters. The minimum Gasteiger partial charge on any atom is -0.491 e. The van der Waals surface area contributed by atoms with Crippen LogP contribution in [0.5, 0.6) is 5.75 Å². The summed E-state index contributed by atoms with van der Waals surface area (Å²) in [4.78, 5) is 24.8. The van der Waals surface area contributed by atoms with Crippen LogP contribution in [0.15, 0.2) is 42.5 Å². The molecular weight excluding hydrogens is 373 g/mol. The molecule has 28 heavy (non-hydrogen) atoms. The van der Waals surface area contributed by atoms with E-state index < -0.39 is 23.6 Å². The predicted molar refractivity (Wildman–Crippen MR) is 98.3 cm³/mol. The molecular formula is C20H19F3N2O3. The molecule has 0 aromatic heterocycles. The fraction of sp³-hybridized carbons (Fsp3) is 0.300. The van der Waals surface area contributed by atoms with Crippen LogP contribution < -0.4 is 15.4 Å². The Morgan fingerprint density at radius 2 is 2.00 bits per heavy atom. The smallest absolute Gasteiger partial charge is 0.416 e. The van der Waals surface area contributed by atoms with E-state index in [1.807, 2.05) is 6.92 Å². The van der Waals surface area contributed by atoms with E-state index in [0.29, 0.717) is 24.3 Å². The molecule has 0 bridgehead atoms. The van der Waals surface area contributed by atoms with Gasteiger partial charge < -0.3 is 15.4 Å². The number of amides is 2. The van der Waals surface area contributed by atoms with Crippen LogP contribution in [0, 0.1) is 0 Å². The average Bonchev–Trinajstić information content (AvgIpc) is 2.65. The molecule has 2 aromatic rings. The molecule has 3 rings (SSSR count). The molecule has 0 saturated carbocycles. The standard InChI is InChI=1S/C20H19F3N2O3/c1-2-9-28-17-8-7-12(20(21,22)23)10-16(17)25-19(27)14-11-18(26)24-15-6-4-3-5-13(14)15/h3-8,10,14H,2,9,11H2,1H3,(H,24,26)(H,25,27). The number of rotatable bonds is 5. The van der Waals surface area contributed by atoms with E-state index in [0.717, 1.165) is 12.1 Å². The Balaban J connectivity index is 1.91. The van der Waals surface area contributed by atoms with Gasteiger partial charge in [0.25, 0.3) is 0 Å². The minimum absolute atomic E-state index is 0.0725. The Kier molecular flexibility index (Phi) is 5.58. The van der Waals surface area contributed by atoms with Gasteiger partial charge in [-0.2, -0.15) is 13.2 Å². The zero-order valence-electron chi connectivity index (χ0n) is 15.1. The highest BCUT2D eigenvalue weighted by molar-refractivity contribution is 6.05. The zero-order valence-corrected chi connectivity index (χ0v) is 15.1. The van der Waals surface area contributed by atoms with Crippen molar-refractivity contribution in [3.63, 3.8) is 0 Å². The predicted octanol–water partition coefficient (Wildman–Crippen LogP) is 4.56. The van der Waals surface area contributed by atoms with Gasteiger partial charge in [-0.25, -0.2) is 0 Å². The first-order valence-electron chi connectivity index (χ1n) is 8.83.